The van der Waals surface area contributed by atoms with Gasteiger partial charge in [-0.05, 0) is 47.4 Å². The molecule has 1 aromatic rings. The first-order chi connectivity index (χ1) is 9.47. The van der Waals surface area contributed by atoms with E-state index < -0.39 is 10.0 Å². The van der Waals surface area contributed by atoms with Gasteiger partial charge in [0.1, 0.15) is 4.21 Å². The minimum atomic E-state index is -3.61. The normalized spacial score (nSPS) is 18.8. The molecule has 1 aliphatic rings. The summed E-state index contributed by atoms with van der Waals surface area (Å²) in [6, 6.07) is 3.24. The molecule has 1 saturated heterocycles. The van der Waals surface area contributed by atoms with Gasteiger partial charge < -0.3 is 10.6 Å². The zero-order valence-electron chi connectivity index (χ0n) is 11.1. The third-order valence-corrected chi connectivity index (χ3v) is 6.41. The Kier molecular flexibility index (Phi) is 7.58. The van der Waals surface area contributed by atoms with Crippen LogP contribution in [0.25, 0.3) is 0 Å². The maximum atomic E-state index is 11.9. The van der Waals surface area contributed by atoms with Gasteiger partial charge >= 0.3 is 0 Å². The van der Waals surface area contributed by atoms with E-state index >= 15 is 0 Å². The molecule has 6 nitrogen and oxygen atoms in total. The van der Waals surface area contributed by atoms with Crippen molar-refractivity contribution in [3.8, 4) is 0 Å². The molecule has 10 heteroatoms. The molecule has 1 aromatic heterocycles. The average molecular weight is 419 g/mol. The molecule has 1 atom stereocenters. The van der Waals surface area contributed by atoms with E-state index in [9.17, 15) is 13.2 Å². The van der Waals surface area contributed by atoms with E-state index in [1.165, 1.54) is 6.07 Å². The molecule has 1 fully saturated rings. The molecule has 1 unspecified atom stereocenters. The van der Waals surface area contributed by atoms with Crippen molar-refractivity contribution in [3.63, 3.8) is 0 Å². The number of sulfonamides is 1. The summed E-state index contributed by atoms with van der Waals surface area (Å²) in [7, 11) is -3.61. The number of hydrogen-bond acceptors (Lipinski definition) is 5. The van der Waals surface area contributed by atoms with Gasteiger partial charge in [-0.3, -0.25) is 4.79 Å². The van der Waals surface area contributed by atoms with Gasteiger partial charge in [0.05, 0.1) is 10.3 Å². The summed E-state index contributed by atoms with van der Waals surface area (Å²) >= 11 is 4.32. The summed E-state index contributed by atoms with van der Waals surface area (Å²) in [5.41, 5.74) is 0. The first kappa shape index (κ1) is 18.9. The van der Waals surface area contributed by atoms with Crippen molar-refractivity contribution in [1.29, 1.82) is 0 Å². The fraction of sp³-hybridized carbons (Fsp3) is 0.545. The number of halogens is 2. The summed E-state index contributed by atoms with van der Waals surface area (Å²) in [5, 5.41) is 6.00. The van der Waals surface area contributed by atoms with Crippen LogP contribution in [0.4, 0.5) is 0 Å². The van der Waals surface area contributed by atoms with Crippen molar-refractivity contribution in [2.24, 2.45) is 0 Å². The number of carbonyl (C=O) groups is 1. The van der Waals surface area contributed by atoms with Crippen molar-refractivity contribution in [2.75, 3.05) is 19.6 Å². The largest absolute Gasteiger partial charge is 0.351 e. The lowest BCUT2D eigenvalue weighted by molar-refractivity contribution is -0.120. The maximum Gasteiger partial charge on any atom is 0.250 e. The third kappa shape index (κ3) is 5.84. The second kappa shape index (κ2) is 8.44. The van der Waals surface area contributed by atoms with Gasteiger partial charge in [-0.2, -0.15) is 0 Å². The number of rotatable bonds is 5. The molecular weight excluding hydrogens is 402 g/mol. The van der Waals surface area contributed by atoms with Gasteiger partial charge in [0.25, 0.3) is 10.0 Å². The highest BCUT2D eigenvalue weighted by Gasteiger charge is 2.19. The Bertz CT molecular complexity index is 573. The summed E-state index contributed by atoms with van der Waals surface area (Å²) in [5.74, 6) is -0.308. The lowest BCUT2D eigenvalue weighted by Crippen LogP contribution is -2.48. The standard InChI is InChI=1S/C11H16BrN3O3S2.ClH/c12-9-3-4-11(19-9)20(17,18)14-7-10(16)15-8-2-1-5-13-6-8;/h3-4,8,13-14H,1-2,5-7H2,(H,15,16);1H. The van der Waals surface area contributed by atoms with Gasteiger partial charge in [0.2, 0.25) is 5.91 Å². The molecule has 0 spiro atoms. The van der Waals surface area contributed by atoms with E-state index in [-0.39, 0.29) is 35.1 Å². The SMILES string of the molecule is Cl.O=C(CNS(=O)(=O)c1ccc(Br)s1)NC1CCCNC1. The Morgan fingerprint density at radius 1 is 1.48 bits per heavy atom. The second-order valence-electron chi connectivity index (χ2n) is 4.49. The predicted molar refractivity (Wildman–Crippen MR) is 88.5 cm³/mol. The summed E-state index contributed by atoms with van der Waals surface area (Å²) in [6.07, 6.45) is 1.93. The van der Waals surface area contributed by atoms with Crippen LogP contribution in [0.3, 0.4) is 0 Å². The van der Waals surface area contributed by atoms with Gasteiger partial charge in [-0.1, -0.05) is 0 Å². The Morgan fingerprint density at radius 2 is 2.24 bits per heavy atom. The minimum absolute atomic E-state index is 0. The molecule has 2 rings (SSSR count). The number of carbonyl (C=O) groups excluding carboxylic acids is 1. The fourth-order valence-corrected chi connectivity index (χ4v) is 4.96. The van der Waals surface area contributed by atoms with E-state index in [0.29, 0.717) is 0 Å². The smallest absolute Gasteiger partial charge is 0.250 e. The van der Waals surface area contributed by atoms with Gasteiger partial charge in [-0.15, -0.1) is 23.7 Å². The van der Waals surface area contributed by atoms with Crippen molar-refractivity contribution in [2.45, 2.75) is 23.1 Å². The van der Waals surface area contributed by atoms with Crippen LogP contribution >= 0.6 is 39.7 Å². The summed E-state index contributed by atoms with van der Waals surface area (Å²) in [6.45, 7) is 1.46. The van der Waals surface area contributed by atoms with E-state index in [2.05, 4.69) is 31.3 Å². The van der Waals surface area contributed by atoms with E-state index in [1.54, 1.807) is 6.07 Å². The molecule has 0 aromatic carbocycles. The van der Waals surface area contributed by atoms with Crippen molar-refractivity contribution in [3.05, 3.63) is 15.9 Å². The van der Waals surface area contributed by atoms with E-state index in [1.807, 2.05) is 0 Å². The molecule has 0 bridgehead atoms. The number of piperidine rings is 1. The molecule has 0 radical (unpaired) electrons. The van der Waals surface area contributed by atoms with Crippen LogP contribution < -0.4 is 15.4 Å². The Morgan fingerprint density at radius 3 is 2.81 bits per heavy atom. The number of hydrogen-bond donors (Lipinski definition) is 3. The second-order valence-corrected chi connectivity index (χ2v) is 8.95. The summed E-state index contributed by atoms with van der Waals surface area (Å²) in [4.78, 5) is 11.7. The van der Waals surface area contributed by atoms with Crippen LogP contribution in [0.1, 0.15) is 12.8 Å². The van der Waals surface area contributed by atoms with Crippen LogP contribution in [-0.4, -0.2) is 40.0 Å². The first-order valence-corrected chi connectivity index (χ1v) is 9.32. The monoisotopic (exact) mass is 417 g/mol. The Balaban J connectivity index is 0.00000220. The fourth-order valence-electron chi connectivity index (χ4n) is 1.93. The van der Waals surface area contributed by atoms with Crippen molar-refractivity contribution in [1.82, 2.24) is 15.4 Å². The molecule has 2 heterocycles. The van der Waals surface area contributed by atoms with E-state index in [4.69, 9.17) is 0 Å². The topological polar surface area (TPSA) is 87.3 Å². The molecule has 21 heavy (non-hydrogen) atoms. The third-order valence-electron chi connectivity index (χ3n) is 2.90. The summed E-state index contributed by atoms with van der Waals surface area (Å²) < 4.78 is 27.1. The van der Waals surface area contributed by atoms with Crippen LogP contribution in [0.15, 0.2) is 20.1 Å². The molecule has 0 aliphatic carbocycles. The molecule has 1 aliphatic heterocycles. The number of amides is 1. The quantitative estimate of drug-likeness (QED) is 0.668. The number of nitrogens with one attached hydrogen (secondary N) is 3. The van der Waals surface area contributed by atoms with Gasteiger partial charge in [0, 0.05) is 12.6 Å². The average Bonchev–Trinajstić information content (AvgIpc) is 2.85. The van der Waals surface area contributed by atoms with Crippen LogP contribution in [0.5, 0.6) is 0 Å². The van der Waals surface area contributed by atoms with Gasteiger partial charge in [0.15, 0.2) is 0 Å². The maximum absolute atomic E-state index is 11.9. The van der Waals surface area contributed by atoms with Gasteiger partial charge in [-0.25, -0.2) is 13.1 Å². The highest BCUT2D eigenvalue weighted by molar-refractivity contribution is 9.11. The molecule has 3 N–H and O–H groups in total. The Hall–Kier alpha value is -0.190. The molecular formula is C11H17BrClN3O3S2. The zero-order chi connectivity index (χ0) is 14.6. The van der Waals surface area contributed by atoms with Crippen LogP contribution in [-0.2, 0) is 14.8 Å². The van der Waals surface area contributed by atoms with Crippen molar-refractivity contribution >= 4 is 55.6 Å². The molecule has 120 valence electrons. The predicted octanol–water partition coefficient (Wildman–Crippen LogP) is 1.08. The zero-order valence-corrected chi connectivity index (χ0v) is 15.1. The first-order valence-electron chi connectivity index (χ1n) is 6.22. The molecule has 1 amide bonds. The lowest BCUT2D eigenvalue weighted by atomic mass is 10.1. The van der Waals surface area contributed by atoms with Crippen LogP contribution in [0.2, 0.25) is 0 Å². The molecule has 0 saturated carbocycles. The van der Waals surface area contributed by atoms with Crippen LogP contribution in [0, 0.1) is 0 Å². The Labute approximate surface area is 142 Å². The highest BCUT2D eigenvalue weighted by Crippen LogP contribution is 2.25. The van der Waals surface area contributed by atoms with E-state index in [0.717, 1.165) is 41.1 Å². The highest BCUT2D eigenvalue weighted by atomic mass is 79.9. The lowest BCUT2D eigenvalue weighted by Gasteiger charge is -2.23. The van der Waals surface area contributed by atoms with Crippen molar-refractivity contribution < 1.29 is 13.2 Å². The minimum Gasteiger partial charge on any atom is -0.351 e. The number of thiophene rings is 1.